The summed E-state index contributed by atoms with van der Waals surface area (Å²) in [4.78, 5) is 30.0. The Morgan fingerprint density at radius 3 is 2.71 bits per heavy atom. The van der Waals surface area contributed by atoms with Crippen LogP contribution in [0, 0.1) is 12.8 Å². The summed E-state index contributed by atoms with van der Waals surface area (Å²) in [6.07, 6.45) is 2.48. The molecule has 2 heterocycles. The highest BCUT2D eigenvalue weighted by molar-refractivity contribution is 7.13. The third-order valence-electron chi connectivity index (χ3n) is 4.17. The van der Waals surface area contributed by atoms with Crippen molar-refractivity contribution >= 4 is 34.5 Å². The number of carbonyl (C=O) groups is 1. The van der Waals surface area contributed by atoms with Gasteiger partial charge in [-0.05, 0) is 30.5 Å². The van der Waals surface area contributed by atoms with Crippen molar-refractivity contribution in [2.45, 2.75) is 33.7 Å². The summed E-state index contributed by atoms with van der Waals surface area (Å²) in [6.45, 7) is 6.42. The number of thiazole rings is 1. The monoisotopic (exact) mass is 415 g/mol. The Morgan fingerprint density at radius 2 is 2.00 bits per heavy atom. The SMILES string of the molecule is Cc1nc(CC(C)C)sc1C(=O)Nc1ccc(=O)n(Cc2ccccc2Cl)c1. The molecule has 28 heavy (non-hydrogen) atoms. The molecule has 0 radical (unpaired) electrons. The molecule has 0 aliphatic rings. The number of nitrogens with zero attached hydrogens (tertiary/aromatic N) is 2. The lowest BCUT2D eigenvalue weighted by Gasteiger charge is -2.10. The van der Waals surface area contributed by atoms with Crippen LogP contribution in [-0.2, 0) is 13.0 Å². The van der Waals surface area contributed by atoms with E-state index in [0.29, 0.717) is 28.0 Å². The third-order valence-corrected chi connectivity index (χ3v) is 5.72. The highest BCUT2D eigenvalue weighted by atomic mass is 35.5. The van der Waals surface area contributed by atoms with Crippen LogP contribution in [-0.4, -0.2) is 15.5 Å². The topological polar surface area (TPSA) is 64.0 Å². The van der Waals surface area contributed by atoms with Crippen molar-refractivity contribution in [1.82, 2.24) is 9.55 Å². The second-order valence-electron chi connectivity index (χ2n) is 7.05. The molecule has 146 valence electrons. The minimum Gasteiger partial charge on any atom is -0.320 e. The number of rotatable bonds is 6. The van der Waals surface area contributed by atoms with E-state index in [1.807, 2.05) is 25.1 Å². The summed E-state index contributed by atoms with van der Waals surface area (Å²) >= 11 is 7.61. The quantitative estimate of drug-likeness (QED) is 0.630. The Kier molecular flexibility index (Phi) is 6.31. The molecule has 7 heteroatoms. The van der Waals surface area contributed by atoms with Crippen molar-refractivity contribution in [3.8, 4) is 0 Å². The molecule has 5 nitrogen and oxygen atoms in total. The van der Waals surface area contributed by atoms with Gasteiger partial charge in [-0.15, -0.1) is 11.3 Å². The van der Waals surface area contributed by atoms with E-state index in [0.717, 1.165) is 22.7 Å². The number of carbonyl (C=O) groups excluding carboxylic acids is 1. The maximum absolute atomic E-state index is 12.7. The van der Waals surface area contributed by atoms with Gasteiger partial charge >= 0.3 is 0 Å². The lowest BCUT2D eigenvalue weighted by molar-refractivity contribution is 0.102. The molecular formula is C21H22ClN3O2S. The number of nitrogens with one attached hydrogen (secondary N) is 1. The molecule has 0 spiro atoms. The van der Waals surface area contributed by atoms with E-state index >= 15 is 0 Å². The van der Waals surface area contributed by atoms with Crippen LogP contribution in [0.3, 0.4) is 0 Å². The first-order chi connectivity index (χ1) is 13.3. The van der Waals surface area contributed by atoms with Gasteiger partial charge in [0.2, 0.25) is 0 Å². The average Bonchev–Trinajstić information content (AvgIpc) is 2.99. The van der Waals surface area contributed by atoms with Gasteiger partial charge in [0, 0.05) is 23.7 Å². The number of hydrogen-bond donors (Lipinski definition) is 1. The lowest BCUT2D eigenvalue weighted by atomic mass is 10.1. The fraction of sp³-hybridized carbons (Fsp3) is 0.286. The average molecular weight is 416 g/mol. The number of amides is 1. The normalized spacial score (nSPS) is 11.0. The van der Waals surface area contributed by atoms with Crippen LogP contribution in [0.15, 0.2) is 47.4 Å². The van der Waals surface area contributed by atoms with Crippen LogP contribution in [0.4, 0.5) is 5.69 Å². The first kappa shape index (κ1) is 20.3. The Morgan fingerprint density at radius 1 is 1.25 bits per heavy atom. The first-order valence-electron chi connectivity index (χ1n) is 9.05. The lowest BCUT2D eigenvalue weighted by Crippen LogP contribution is -2.21. The van der Waals surface area contributed by atoms with E-state index < -0.39 is 0 Å². The number of hydrogen-bond acceptors (Lipinski definition) is 4. The minimum absolute atomic E-state index is 0.161. The van der Waals surface area contributed by atoms with Gasteiger partial charge in [-0.3, -0.25) is 9.59 Å². The van der Waals surface area contributed by atoms with Gasteiger partial charge in [0.1, 0.15) is 4.88 Å². The van der Waals surface area contributed by atoms with Crippen molar-refractivity contribution in [3.05, 3.63) is 79.1 Å². The zero-order valence-electron chi connectivity index (χ0n) is 16.0. The zero-order chi connectivity index (χ0) is 20.3. The van der Waals surface area contributed by atoms with Gasteiger partial charge in [-0.1, -0.05) is 43.6 Å². The Hall–Kier alpha value is -2.44. The van der Waals surface area contributed by atoms with E-state index in [9.17, 15) is 9.59 Å². The molecule has 0 saturated carbocycles. The molecular weight excluding hydrogens is 394 g/mol. The fourth-order valence-electron chi connectivity index (χ4n) is 2.83. The van der Waals surface area contributed by atoms with Gasteiger partial charge in [0.05, 0.1) is 22.9 Å². The van der Waals surface area contributed by atoms with Gasteiger partial charge in [-0.25, -0.2) is 4.98 Å². The molecule has 0 saturated heterocycles. The first-order valence-corrected chi connectivity index (χ1v) is 10.2. The van der Waals surface area contributed by atoms with E-state index in [1.54, 1.807) is 18.3 Å². The number of benzene rings is 1. The number of halogens is 1. The molecule has 3 rings (SSSR count). The number of anilines is 1. The van der Waals surface area contributed by atoms with E-state index in [2.05, 4.69) is 24.1 Å². The van der Waals surface area contributed by atoms with Gasteiger partial charge in [0.25, 0.3) is 11.5 Å². The summed E-state index contributed by atoms with van der Waals surface area (Å²) in [5.41, 5.74) is 1.95. The van der Waals surface area contributed by atoms with Gasteiger partial charge < -0.3 is 9.88 Å². The number of pyridine rings is 1. The van der Waals surface area contributed by atoms with Crippen LogP contribution in [0.5, 0.6) is 0 Å². The summed E-state index contributed by atoms with van der Waals surface area (Å²) in [6, 6.07) is 10.4. The van der Waals surface area contributed by atoms with Crippen LogP contribution < -0.4 is 10.9 Å². The van der Waals surface area contributed by atoms with Crippen molar-refractivity contribution in [3.63, 3.8) is 0 Å². The molecule has 2 aromatic heterocycles. The number of aromatic nitrogens is 2. The smallest absolute Gasteiger partial charge is 0.267 e. The molecule has 0 aliphatic carbocycles. The largest absolute Gasteiger partial charge is 0.320 e. The Bertz CT molecular complexity index is 1060. The molecule has 3 aromatic rings. The molecule has 0 aliphatic heterocycles. The predicted octanol–water partition coefficient (Wildman–Crippen LogP) is 4.77. The Balaban J connectivity index is 1.80. The van der Waals surface area contributed by atoms with Crippen molar-refractivity contribution in [2.24, 2.45) is 5.92 Å². The van der Waals surface area contributed by atoms with Crippen LogP contribution >= 0.6 is 22.9 Å². The molecule has 0 unspecified atom stereocenters. The van der Waals surface area contributed by atoms with Crippen LogP contribution in [0.1, 0.15) is 39.8 Å². The Labute approximate surface area is 173 Å². The molecule has 0 bridgehead atoms. The van der Waals surface area contributed by atoms with Crippen molar-refractivity contribution in [2.75, 3.05) is 5.32 Å². The second-order valence-corrected chi connectivity index (χ2v) is 8.54. The van der Waals surface area contributed by atoms with Crippen molar-refractivity contribution in [1.29, 1.82) is 0 Å². The summed E-state index contributed by atoms with van der Waals surface area (Å²) < 4.78 is 1.53. The van der Waals surface area contributed by atoms with Crippen LogP contribution in [0.2, 0.25) is 5.02 Å². The summed E-state index contributed by atoms with van der Waals surface area (Å²) in [5, 5.41) is 4.43. The molecule has 1 N–H and O–H groups in total. The van der Waals surface area contributed by atoms with E-state index in [1.165, 1.54) is 22.0 Å². The minimum atomic E-state index is -0.215. The number of aryl methyl sites for hydroxylation is 1. The highest BCUT2D eigenvalue weighted by Gasteiger charge is 2.16. The molecule has 0 fully saturated rings. The zero-order valence-corrected chi connectivity index (χ0v) is 17.6. The second kappa shape index (κ2) is 8.71. The predicted molar refractivity (Wildman–Crippen MR) is 115 cm³/mol. The third kappa shape index (κ3) is 4.88. The standard InChI is InChI=1S/C21H22ClN3O2S/c1-13(2)10-18-23-14(3)20(28-18)21(27)24-16-8-9-19(26)25(12-16)11-15-6-4-5-7-17(15)22/h4-9,12-13H,10-11H2,1-3H3,(H,24,27). The summed E-state index contributed by atoms with van der Waals surface area (Å²) in [5.74, 6) is 0.266. The highest BCUT2D eigenvalue weighted by Crippen LogP contribution is 2.22. The van der Waals surface area contributed by atoms with Crippen LogP contribution in [0.25, 0.3) is 0 Å². The van der Waals surface area contributed by atoms with Crippen molar-refractivity contribution < 1.29 is 4.79 Å². The van der Waals surface area contributed by atoms with E-state index in [4.69, 9.17) is 11.6 Å². The molecule has 1 aromatic carbocycles. The van der Waals surface area contributed by atoms with E-state index in [-0.39, 0.29) is 11.5 Å². The maximum Gasteiger partial charge on any atom is 0.267 e. The summed E-state index contributed by atoms with van der Waals surface area (Å²) in [7, 11) is 0. The van der Waals surface area contributed by atoms with Gasteiger partial charge in [0.15, 0.2) is 0 Å². The fourth-order valence-corrected chi connectivity index (χ4v) is 4.19. The molecule has 1 amide bonds. The van der Waals surface area contributed by atoms with Gasteiger partial charge in [-0.2, -0.15) is 0 Å². The molecule has 0 atom stereocenters. The maximum atomic E-state index is 12.7.